The highest BCUT2D eigenvalue weighted by atomic mass is 16.1. The number of piperidine rings is 1. The second-order valence-electron chi connectivity index (χ2n) is 5.39. The van der Waals surface area contributed by atoms with Gasteiger partial charge in [-0.25, -0.2) is 4.98 Å². The van der Waals surface area contributed by atoms with E-state index in [-0.39, 0.29) is 5.56 Å². The van der Waals surface area contributed by atoms with Gasteiger partial charge in [-0.3, -0.25) is 9.78 Å². The van der Waals surface area contributed by atoms with Crippen LogP contribution in [0, 0.1) is 5.92 Å². The normalized spacial score (nSPS) is 26.1. The molecule has 1 aromatic heterocycles. The third-order valence-electron chi connectivity index (χ3n) is 4.28. The second kappa shape index (κ2) is 3.57. The molecule has 0 amide bonds. The third kappa shape index (κ3) is 1.38. The first kappa shape index (κ1) is 10.1. The van der Waals surface area contributed by atoms with E-state index in [0.717, 1.165) is 23.9 Å². The number of nitrogens with one attached hydrogen (secondary N) is 1. The lowest BCUT2D eigenvalue weighted by molar-refractivity contribution is 0.546. The number of benzene rings is 1. The zero-order valence-corrected chi connectivity index (χ0v) is 10.1. The van der Waals surface area contributed by atoms with Crippen LogP contribution in [-0.2, 0) is 0 Å². The number of aromatic amines is 1. The number of nitrogens with zero attached hydrogens (tertiary/aromatic N) is 2. The summed E-state index contributed by atoms with van der Waals surface area (Å²) in [6.07, 6.45) is 3.83. The van der Waals surface area contributed by atoms with Crippen LogP contribution in [0.3, 0.4) is 0 Å². The Hall–Kier alpha value is -1.84. The summed E-state index contributed by atoms with van der Waals surface area (Å²) >= 11 is 0. The van der Waals surface area contributed by atoms with Crippen molar-refractivity contribution in [2.45, 2.75) is 25.3 Å². The summed E-state index contributed by atoms with van der Waals surface area (Å²) in [7, 11) is 0. The molecule has 1 aliphatic heterocycles. The van der Waals surface area contributed by atoms with E-state index in [0.29, 0.717) is 11.4 Å². The minimum atomic E-state index is -0.0293. The van der Waals surface area contributed by atoms with Gasteiger partial charge in [0.15, 0.2) is 0 Å². The van der Waals surface area contributed by atoms with Crippen molar-refractivity contribution in [1.29, 1.82) is 0 Å². The van der Waals surface area contributed by atoms with Crippen molar-refractivity contribution in [1.82, 2.24) is 9.97 Å². The van der Waals surface area contributed by atoms with Crippen LogP contribution >= 0.6 is 0 Å². The maximum atomic E-state index is 12.0. The Morgan fingerprint density at radius 3 is 2.94 bits per heavy atom. The number of aromatic nitrogens is 2. The Morgan fingerprint density at radius 2 is 2.17 bits per heavy atom. The minimum Gasteiger partial charge on any atom is -0.339 e. The number of hydrogen-bond acceptors (Lipinski definition) is 3. The van der Waals surface area contributed by atoms with Gasteiger partial charge in [0.2, 0.25) is 5.95 Å². The molecule has 2 aromatic rings. The van der Waals surface area contributed by atoms with Crippen molar-refractivity contribution in [2.24, 2.45) is 5.92 Å². The number of para-hydroxylation sites is 1. The monoisotopic (exact) mass is 241 g/mol. The summed E-state index contributed by atoms with van der Waals surface area (Å²) in [6, 6.07) is 8.11. The number of fused-ring (bicyclic) bond motifs is 3. The van der Waals surface area contributed by atoms with Gasteiger partial charge in [-0.15, -0.1) is 0 Å². The molecule has 2 heterocycles. The first-order chi connectivity index (χ1) is 8.81. The summed E-state index contributed by atoms with van der Waals surface area (Å²) in [5.41, 5.74) is 0.761. The van der Waals surface area contributed by atoms with Gasteiger partial charge in [-0.1, -0.05) is 12.1 Å². The molecule has 1 N–H and O–H groups in total. The molecule has 4 heteroatoms. The summed E-state index contributed by atoms with van der Waals surface area (Å²) in [6.45, 7) is 1.05. The van der Waals surface area contributed by atoms with Crippen molar-refractivity contribution < 1.29 is 0 Å². The predicted octanol–water partition coefficient (Wildman–Crippen LogP) is 1.91. The van der Waals surface area contributed by atoms with E-state index < -0.39 is 0 Å². The standard InChI is InChI=1S/C14H15N3O/c18-13-11-3-1-2-4-12(11)15-14(16-13)17-8-9-5-6-10(17)7-9/h1-4,9-10H,5-8H2,(H,15,16,18). The van der Waals surface area contributed by atoms with Gasteiger partial charge in [-0.05, 0) is 37.3 Å². The van der Waals surface area contributed by atoms with E-state index in [9.17, 15) is 4.79 Å². The molecule has 2 unspecified atom stereocenters. The number of hydrogen-bond donors (Lipinski definition) is 1. The molecule has 1 saturated carbocycles. The largest absolute Gasteiger partial charge is 0.339 e. The van der Waals surface area contributed by atoms with Crippen LogP contribution in [0.4, 0.5) is 5.95 Å². The molecule has 4 rings (SSSR count). The molecule has 4 nitrogen and oxygen atoms in total. The van der Waals surface area contributed by atoms with Gasteiger partial charge in [0, 0.05) is 12.6 Å². The van der Waals surface area contributed by atoms with Crippen molar-refractivity contribution in [2.75, 3.05) is 11.4 Å². The molecule has 2 aliphatic rings. The van der Waals surface area contributed by atoms with Gasteiger partial charge in [0.1, 0.15) is 0 Å². The second-order valence-corrected chi connectivity index (χ2v) is 5.39. The molecular formula is C14H15N3O. The summed E-state index contributed by atoms with van der Waals surface area (Å²) in [4.78, 5) is 21.9. The number of H-pyrrole nitrogens is 1. The van der Waals surface area contributed by atoms with E-state index in [1.165, 1.54) is 19.3 Å². The van der Waals surface area contributed by atoms with Crippen LogP contribution in [0.25, 0.3) is 10.9 Å². The van der Waals surface area contributed by atoms with Crippen molar-refractivity contribution in [3.8, 4) is 0 Å². The van der Waals surface area contributed by atoms with E-state index in [4.69, 9.17) is 0 Å². The molecule has 2 atom stereocenters. The van der Waals surface area contributed by atoms with Gasteiger partial charge in [0.05, 0.1) is 10.9 Å². The quantitative estimate of drug-likeness (QED) is 0.829. The zero-order valence-electron chi connectivity index (χ0n) is 10.1. The molecule has 2 bridgehead atoms. The molecular weight excluding hydrogens is 226 g/mol. The van der Waals surface area contributed by atoms with Crippen LogP contribution in [0.5, 0.6) is 0 Å². The average molecular weight is 241 g/mol. The Morgan fingerprint density at radius 1 is 1.28 bits per heavy atom. The maximum Gasteiger partial charge on any atom is 0.260 e. The maximum absolute atomic E-state index is 12.0. The molecule has 1 aromatic carbocycles. The van der Waals surface area contributed by atoms with E-state index in [1.54, 1.807) is 0 Å². The lowest BCUT2D eigenvalue weighted by atomic mass is 10.1. The smallest absolute Gasteiger partial charge is 0.260 e. The summed E-state index contributed by atoms with van der Waals surface area (Å²) in [5, 5.41) is 0.672. The third-order valence-corrected chi connectivity index (χ3v) is 4.28. The van der Waals surface area contributed by atoms with Gasteiger partial charge < -0.3 is 4.90 Å². The van der Waals surface area contributed by atoms with E-state index in [2.05, 4.69) is 14.9 Å². The minimum absolute atomic E-state index is 0.0293. The number of rotatable bonds is 1. The Balaban J connectivity index is 1.84. The van der Waals surface area contributed by atoms with Crippen molar-refractivity contribution in [3.63, 3.8) is 0 Å². The van der Waals surface area contributed by atoms with Crippen LogP contribution in [0.15, 0.2) is 29.1 Å². The molecule has 92 valence electrons. The Labute approximate surface area is 105 Å². The first-order valence-electron chi connectivity index (χ1n) is 6.57. The SMILES string of the molecule is O=c1[nH]c(N2CC3CCC2C3)nc2ccccc12. The van der Waals surface area contributed by atoms with Gasteiger partial charge in [0.25, 0.3) is 5.56 Å². The molecule has 0 radical (unpaired) electrons. The van der Waals surface area contributed by atoms with Gasteiger partial charge in [-0.2, -0.15) is 0 Å². The fourth-order valence-corrected chi connectivity index (χ4v) is 3.39. The molecule has 18 heavy (non-hydrogen) atoms. The van der Waals surface area contributed by atoms with E-state index >= 15 is 0 Å². The summed E-state index contributed by atoms with van der Waals surface area (Å²) < 4.78 is 0. The Bertz CT molecular complexity index is 663. The fraction of sp³-hybridized carbons (Fsp3) is 0.429. The lowest BCUT2D eigenvalue weighted by Crippen LogP contribution is -2.34. The predicted molar refractivity (Wildman–Crippen MR) is 70.8 cm³/mol. The zero-order chi connectivity index (χ0) is 12.1. The average Bonchev–Trinajstić information content (AvgIpc) is 3.01. The van der Waals surface area contributed by atoms with Gasteiger partial charge >= 0.3 is 0 Å². The highest BCUT2D eigenvalue weighted by molar-refractivity contribution is 5.78. The lowest BCUT2D eigenvalue weighted by Gasteiger charge is -2.27. The van der Waals surface area contributed by atoms with Crippen molar-refractivity contribution >= 4 is 16.9 Å². The topological polar surface area (TPSA) is 49.0 Å². The van der Waals surface area contributed by atoms with Crippen LogP contribution in [0.1, 0.15) is 19.3 Å². The molecule has 1 aliphatic carbocycles. The highest BCUT2D eigenvalue weighted by Crippen LogP contribution is 2.38. The fourth-order valence-electron chi connectivity index (χ4n) is 3.39. The van der Waals surface area contributed by atoms with Crippen LogP contribution < -0.4 is 10.5 Å². The molecule has 0 spiro atoms. The summed E-state index contributed by atoms with van der Waals surface area (Å²) in [5.74, 6) is 1.55. The van der Waals surface area contributed by atoms with Crippen molar-refractivity contribution in [3.05, 3.63) is 34.6 Å². The number of anilines is 1. The highest BCUT2D eigenvalue weighted by Gasteiger charge is 2.38. The molecule has 1 saturated heterocycles. The van der Waals surface area contributed by atoms with E-state index in [1.807, 2.05) is 24.3 Å². The molecule has 2 fully saturated rings. The van der Waals surface area contributed by atoms with Crippen LogP contribution in [0.2, 0.25) is 0 Å². The van der Waals surface area contributed by atoms with Crippen LogP contribution in [-0.4, -0.2) is 22.6 Å². The Kier molecular flexibility index (Phi) is 2.01. The first-order valence-corrected chi connectivity index (χ1v) is 6.57.